The van der Waals surface area contributed by atoms with Gasteiger partial charge in [0.1, 0.15) is 6.04 Å². The SMILES string of the molecule is COC(=O)c1ccc(N2C(=O)CC(N(C(C)(C)C)S(=O)(=O)c3ccc(C)cc3)C2=O)cc1. The molecule has 0 aliphatic carbocycles. The topological polar surface area (TPSA) is 101 Å². The minimum Gasteiger partial charge on any atom is -0.465 e. The number of sulfonamides is 1. The van der Waals surface area contributed by atoms with Crippen molar-refractivity contribution in [3.8, 4) is 0 Å². The van der Waals surface area contributed by atoms with Crippen LogP contribution in [0.2, 0.25) is 0 Å². The number of hydrogen-bond donors (Lipinski definition) is 0. The average Bonchev–Trinajstić information content (AvgIpc) is 3.00. The second kappa shape index (κ2) is 8.48. The summed E-state index contributed by atoms with van der Waals surface area (Å²) >= 11 is 0. The van der Waals surface area contributed by atoms with Crippen LogP contribution in [0.5, 0.6) is 0 Å². The van der Waals surface area contributed by atoms with E-state index in [2.05, 4.69) is 4.74 Å². The van der Waals surface area contributed by atoms with Crippen molar-refractivity contribution >= 4 is 33.5 Å². The Morgan fingerprint density at radius 3 is 2.09 bits per heavy atom. The highest BCUT2D eigenvalue weighted by Crippen LogP contribution is 2.34. The molecule has 2 aromatic carbocycles. The van der Waals surface area contributed by atoms with Crippen molar-refractivity contribution in [2.24, 2.45) is 0 Å². The van der Waals surface area contributed by atoms with Crippen LogP contribution in [0.1, 0.15) is 43.1 Å². The molecule has 1 fully saturated rings. The lowest BCUT2D eigenvalue weighted by Gasteiger charge is -2.37. The number of hydrogen-bond acceptors (Lipinski definition) is 6. The van der Waals surface area contributed by atoms with Crippen LogP contribution >= 0.6 is 0 Å². The zero-order valence-corrected chi connectivity index (χ0v) is 19.5. The van der Waals surface area contributed by atoms with Crippen LogP contribution in [0.4, 0.5) is 5.69 Å². The second-order valence-corrected chi connectivity index (χ2v) is 10.4. The van der Waals surface area contributed by atoms with Crippen LogP contribution in [-0.4, -0.2) is 49.2 Å². The molecule has 0 radical (unpaired) electrons. The Balaban J connectivity index is 1.99. The standard InChI is InChI=1S/C23H26N2O6S/c1-15-6-12-18(13-7-15)32(29,30)25(23(2,3)4)19-14-20(26)24(21(19)27)17-10-8-16(9-11-17)22(28)31-5/h6-13,19H,14H2,1-5H3. The van der Waals surface area contributed by atoms with Crippen LogP contribution < -0.4 is 4.90 Å². The number of anilines is 1. The van der Waals surface area contributed by atoms with Gasteiger partial charge >= 0.3 is 5.97 Å². The van der Waals surface area contributed by atoms with Crippen molar-refractivity contribution < 1.29 is 27.5 Å². The third kappa shape index (κ3) is 4.31. The maximum atomic E-state index is 13.5. The van der Waals surface area contributed by atoms with Gasteiger partial charge in [-0.25, -0.2) is 18.1 Å². The Kier molecular flexibility index (Phi) is 6.26. The monoisotopic (exact) mass is 458 g/mol. The van der Waals surface area contributed by atoms with Crippen molar-refractivity contribution in [1.82, 2.24) is 4.31 Å². The smallest absolute Gasteiger partial charge is 0.337 e. The number of carbonyl (C=O) groups is 3. The summed E-state index contributed by atoms with van der Waals surface area (Å²) in [6.45, 7) is 6.90. The number of amides is 2. The highest BCUT2D eigenvalue weighted by Gasteiger charge is 2.50. The van der Waals surface area contributed by atoms with E-state index in [-0.39, 0.29) is 22.6 Å². The first-order valence-corrected chi connectivity index (χ1v) is 11.5. The highest BCUT2D eigenvalue weighted by molar-refractivity contribution is 7.89. The Bertz CT molecular complexity index is 1150. The molecule has 0 aromatic heterocycles. The molecule has 0 saturated carbocycles. The lowest BCUT2D eigenvalue weighted by Crippen LogP contribution is -2.54. The van der Waals surface area contributed by atoms with Gasteiger partial charge in [0, 0.05) is 5.54 Å². The first kappa shape index (κ1) is 23.6. The van der Waals surface area contributed by atoms with E-state index in [4.69, 9.17) is 0 Å². The van der Waals surface area contributed by atoms with E-state index < -0.39 is 39.4 Å². The molecule has 8 nitrogen and oxygen atoms in total. The number of carbonyl (C=O) groups excluding carboxylic acids is 3. The van der Waals surface area contributed by atoms with Gasteiger partial charge in [-0.1, -0.05) is 17.7 Å². The molecule has 1 aliphatic heterocycles. The maximum absolute atomic E-state index is 13.5. The first-order chi connectivity index (χ1) is 14.9. The van der Waals surface area contributed by atoms with E-state index in [0.29, 0.717) is 0 Å². The summed E-state index contributed by atoms with van der Waals surface area (Å²) in [6, 6.07) is 11.0. The lowest BCUT2D eigenvalue weighted by atomic mass is 10.1. The number of aryl methyl sites for hydroxylation is 1. The number of rotatable bonds is 5. The Morgan fingerprint density at radius 2 is 1.59 bits per heavy atom. The summed E-state index contributed by atoms with van der Waals surface area (Å²) in [7, 11) is -2.82. The van der Waals surface area contributed by atoms with Gasteiger partial charge in [0.15, 0.2) is 0 Å². The van der Waals surface area contributed by atoms with E-state index in [1.54, 1.807) is 32.9 Å². The number of benzene rings is 2. The predicted molar refractivity (Wildman–Crippen MR) is 119 cm³/mol. The summed E-state index contributed by atoms with van der Waals surface area (Å²) in [6.07, 6.45) is -0.278. The second-order valence-electron chi connectivity index (χ2n) is 8.61. The van der Waals surface area contributed by atoms with Crippen LogP contribution in [-0.2, 0) is 24.3 Å². The lowest BCUT2D eigenvalue weighted by molar-refractivity contribution is -0.122. The third-order valence-corrected chi connectivity index (χ3v) is 7.38. The van der Waals surface area contributed by atoms with Crippen molar-refractivity contribution in [2.45, 2.75) is 50.6 Å². The van der Waals surface area contributed by atoms with Crippen molar-refractivity contribution in [1.29, 1.82) is 0 Å². The van der Waals surface area contributed by atoms with Gasteiger partial charge < -0.3 is 4.74 Å². The Morgan fingerprint density at radius 1 is 1.03 bits per heavy atom. The fourth-order valence-electron chi connectivity index (χ4n) is 3.75. The van der Waals surface area contributed by atoms with E-state index in [9.17, 15) is 22.8 Å². The first-order valence-electron chi connectivity index (χ1n) is 10.0. The Labute approximate surface area is 187 Å². The molecule has 0 bridgehead atoms. The molecule has 170 valence electrons. The number of esters is 1. The van der Waals surface area contributed by atoms with E-state index >= 15 is 0 Å². The molecule has 1 atom stereocenters. The summed E-state index contributed by atoms with van der Waals surface area (Å²) < 4.78 is 32.8. The summed E-state index contributed by atoms with van der Waals surface area (Å²) in [4.78, 5) is 38.8. The van der Waals surface area contributed by atoms with Gasteiger partial charge in [0.2, 0.25) is 15.9 Å². The number of imide groups is 1. The molecule has 2 aromatic rings. The zero-order valence-electron chi connectivity index (χ0n) is 18.7. The molecule has 1 saturated heterocycles. The van der Waals surface area contributed by atoms with Crippen molar-refractivity contribution in [2.75, 3.05) is 12.0 Å². The normalized spacial score (nSPS) is 17.2. The predicted octanol–water partition coefficient (Wildman–Crippen LogP) is 2.90. The number of methoxy groups -OCH3 is 1. The molecule has 1 heterocycles. The molecule has 32 heavy (non-hydrogen) atoms. The molecule has 0 N–H and O–H groups in total. The minimum atomic E-state index is -4.07. The fraction of sp³-hybridized carbons (Fsp3) is 0.348. The quantitative estimate of drug-likeness (QED) is 0.504. The molecule has 0 spiro atoms. The van der Waals surface area contributed by atoms with Gasteiger partial charge in [-0.3, -0.25) is 9.59 Å². The van der Waals surface area contributed by atoms with Gasteiger partial charge in [-0.2, -0.15) is 4.31 Å². The molecule has 9 heteroatoms. The summed E-state index contributed by atoms with van der Waals surface area (Å²) in [5.74, 6) is -1.69. The molecule has 3 rings (SSSR count). The van der Waals surface area contributed by atoms with Crippen LogP contribution in [0.25, 0.3) is 0 Å². The largest absolute Gasteiger partial charge is 0.465 e. The average molecular weight is 459 g/mol. The molecule has 1 unspecified atom stereocenters. The fourth-order valence-corrected chi connectivity index (χ4v) is 5.68. The summed E-state index contributed by atoms with van der Waals surface area (Å²) in [5, 5.41) is 0. The third-order valence-electron chi connectivity index (χ3n) is 5.19. The number of ether oxygens (including phenoxy) is 1. The number of nitrogens with zero attached hydrogens (tertiary/aromatic N) is 2. The zero-order chi connectivity index (χ0) is 23.8. The van der Waals surface area contributed by atoms with Crippen LogP contribution in [0, 0.1) is 6.92 Å². The maximum Gasteiger partial charge on any atom is 0.337 e. The minimum absolute atomic E-state index is 0.0548. The molecule has 1 aliphatic rings. The van der Waals surface area contributed by atoms with Gasteiger partial charge in [-0.15, -0.1) is 0 Å². The van der Waals surface area contributed by atoms with E-state index in [0.717, 1.165) is 14.8 Å². The van der Waals surface area contributed by atoms with Crippen LogP contribution in [0.3, 0.4) is 0 Å². The van der Waals surface area contributed by atoms with Crippen molar-refractivity contribution in [3.05, 3.63) is 59.7 Å². The Hall–Kier alpha value is -3.04. The molecule has 2 amide bonds. The van der Waals surface area contributed by atoms with Gasteiger partial charge in [0.05, 0.1) is 29.7 Å². The van der Waals surface area contributed by atoms with Gasteiger partial charge in [0.25, 0.3) is 5.91 Å². The van der Waals surface area contributed by atoms with Gasteiger partial charge in [-0.05, 0) is 64.1 Å². The van der Waals surface area contributed by atoms with E-state index in [1.165, 1.54) is 43.5 Å². The van der Waals surface area contributed by atoms with Crippen LogP contribution in [0.15, 0.2) is 53.4 Å². The van der Waals surface area contributed by atoms with Crippen molar-refractivity contribution in [3.63, 3.8) is 0 Å². The van der Waals surface area contributed by atoms with E-state index in [1.807, 2.05) is 6.92 Å². The highest BCUT2D eigenvalue weighted by atomic mass is 32.2. The molecular formula is C23H26N2O6S. The summed E-state index contributed by atoms with van der Waals surface area (Å²) in [5.41, 5.74) is 0.469. The molecular weight excluding hydrogens is 432 g/mol.